The van der Waals surface area contributed by atoms with Gasteiger partial charge in [0.05, 0.1) is 17.2 Å². The van der Waals surface area contributed by atoms with E-state index in [-0.39, 0.29) is 0 Å². The summed E-state index contributed by atoms with van der Waals surface area (Å²) >= 11 is 1.71. The fraction of sp³-hybridized carbons (Fsp3) is 0.625. The monoisotopic (exact) mass is 306 g/mol. The Hall–Kier alpha value is -1.20. The van der Waals surface area contributed by atoms with Gasteiger partial charge in [-0.2, -0.15) is 5.10 Å². The lowest BCUT2D eigenvalue weighted by Gasteiger charge is -2.16. The van der Waals surface area contributed by atoms with Crippen LogP contribution in [0.5, 0.6) is 0 Å². The van der Waals surface area contributed by atoms with E-state index < -0.39 is 0 Å². The van der Waals surface area contributed by atoms with Gasteiger partial charge in [0.25, 0.3) is 0 Å². The van der Waals surface area contributed by atoms with E-state index in [4.69, 9.17) is 5.10 Å². The zero-order valence-corrected chi connectivity index (χ0v) is 14.1. The van der Waals surface area contributed by atoms with Gasteiger partial charge in [-0.15, -0.1) is 11.3 Å². The lowest BCUT2D eigenvalue weighted by atomic mass is 10.1. The SMILES string of the molecule is CCCNC(Cc1ccn(C(CC)CC)n1)c1cncs1. The number of hydrogen-bond acceptors (Lipinski definition) is 4. The molecule has 21 heavy (non-hydrogen) atoms. The smallest absolute Gasteiger partial charge is 0.0794 e. The van der Waals surface area contributed by atoms with E-state index in [0.29, 0.717) is 12.1 Å². The predicted molar refractivity (Wildman–Crippen MR) is 88.7 cm³/mol. The van der Waals surface area contributed by atoms with Crippen molar-refractivity contribution in [3.05, 3.63) is 34.5 Å². The summed E-state index contributed by atoms with van der Waals surface area (Å²) in [7, 11) is 0. The molecular weight excluding hydrogens is 280 g/mol. The molecular formula is C16H26N4S. The Bertz CT molecular complexity index is 502. The van der Waals surface area contributed by atoms with E-state index in [1.807, 2.05) is 11.7 Å². The third-order valence-corrected chi connectivity index (χ3v) is 4.72. The molecule has 0 bridgehead atoms. The fourth-order valence-electron chi connectivity index (χ4n) is 2.55. The van der Waals surface area contributed by atoms with Crippen LogP contribution in [0.3, 0.4) is 0 Å². The molecule has 0 radical (unpaired) electrons. The highest BCUT2D eigenvalue weighted by Crippen LogP contribution is 2.22. The van der Waals surface area contributed by atoms with Gasteiger partial charge in [-0.3, -0.25) is 9.67 Å². The Morgan fingerprint density at radius 2 is 2.10 bits per heavy atom. The van der Waals surface area contributed by atoms with Crippen LogP contribution in [0.1, 0.15) is 62.7 Å². The number of rotatable bonds is 9. The van der Waals surface area contributed by atoms with Crippen molar-refractivity contribution in [1.29, 1.82) is 0 Å². The van der Waals surface area contributed by atoms with Crippen LogP contribution >= 0.6 is 11.3 Å². The lowest BCUT2D eigenvalue weighted by molar-refractivity contribution is 0.422. The van der Waals surface area contributed by atoms with Crippen LogP contribution in [-0.4, -0.2) is 21.3 Å². The summed E-state index contributed by atoms with van der Waals surface area (Å²) in [5, 5.41) is 8.38. The maximum atomic E-state index is 4.77. The van der Waals surface area contributed by atoms with E-state index in [9.17, 15) is 0 Å². The van der Waals surface area contributed by atoms with Gasteiger partial charge in [0, 0.05) is 29.7 Å². The van der Waals surface area contributed by atoms with Crippen molar-refractivity contribution in [3.8, 4) is 0 Å². The minimum absolute atomic E-state index is 0.322. The minimum Gasteiger partial charge on any atom is -0.309 e. The summed E-state index contributed by atoms with van der Waals surface area (Å²) in [6, 6.07) is 2.99. The van der Waals surface area contributed by atoms with Gasteiger partial charge in [-0.25, -0.2) is 0 Å². The van der Waals surface area contributed by atoms with Crippen LogP contribution in [-0.2, 0) is 6.42 Å². The van der Waals surface area contributed by atoms with Crippen molar-refractivity contribution in [1.82, 2.24) is 20.1 Å². The zero-order chi connectivity index (χ0) is 15.1. The number of nitrogens with zero attached hydrogens (tertiary/aromatic N) is 3. The van der Waals surface area contributed by atoms with Gasteiger partial charge in [0.15, 0.2) is 0 Å². The number of nitrogens with one attached hydrogen (secondary N) is 1. The third-order valence-electron chi connectivity index (χ3n) is 3.83. The quantitative estimate of drug-likeness (QED) is 0.762. The second-order valence-electron chi connectivity index (χ2n) is 5.37. The first-order valence-corrected chi connectivity index (χ1v) is 8.82. The Balaban J connectivity index is 2.06. The van der Waals surface area contributed by atoms with E-state index in [0.717, 1.165) is 37.9 Å². The zero-order valence-electron chi connectivity index (χ0n) is 13.2. The highest BCUT2D eigenvalue weighted by atomic mass is 32.1. The molecule has 0 fully saturated rings. The average molecular weight is 306 g/mol. The maximum absolute atomic E-state index is 4.77. The normalized spacial score (nSPS) is 13.0. The van der Waals surface area contributed by atoms with Crippen LogP contribution in [0.4, 0.5) is 0 Å². The Labute approximate surface area is 131 Å². The topological polar surface area (TPSA) is 42.7 Å². The Morgan fingerprint density at radius 1 is 1.29 bits per heavy atom. The van der Waals surface area contributed by atoms with E-state index in [1.165, 1.54) is 4.88 Å². The molecule has 2 aromatic heterocycles. The maximum Gasteiger partial charge on any atom is 0.0794 e. The molecule has 0 saturated heterocycles. The molecule has 2 aromatic rings. The second-order valence-corrected chi connectivity index (χ2v) is 6.29. The first-order valence-electron chi connectivity index (χ1n) is 7.94. The predicted octanol–water partition coefficient (Wildman–Crippen LogP) is 3.98. The van der Waals surface area contributed by atoms with Crippen LogP contribution in [0.2, 0.25) is 0 Å². The van der Waals surface area contributed by atoms with Crippen LogP contribution in [0.25, 0.3) is 0 Å². The highest BCUT2D eigenvalue weighted by molar-refractivity contribution is 7.09. The van der Waals surface area contributed by atoms with Gasteiger partial charge in [-0.1, -0.05) is 20.8 Å². The standard InChI is InChI=1S/C16H26N4S/c1-4-8-18-15(16-11-17-12-21-16)10-13-7-9-20(19-13)14(5-2)6-3/h7,9,11-12,14-15,18H,4-6,8,10H2,1-3H3. The van der Waals surface area contributed by atoms with Crippen LogP contribution in [0, 0.1) is 0 Å². The number of aromatic nitrogens is 3. The second kappa shape index (κ2) is 8.29. The van der Waals surface area contributed by atoms with Gasteiger partial charge < -0.3 is 5.32 Å². The largest absolute Gasteiger partial charge is 0.309 e. The molecule has 0 aliphatic carbocycles. The summed E-state index contributed by atoms with van der Waals surface area (Å²) in [6.07, 6.45) is 8.41. The van der Waals surface area contributed by atoms with Crippen molar-refractivity contribution in [2.75, 3.05) is 6.54 Å². The summed E-state index contributed by atoms with van der Waals surface area (Å²) in [4.78, 5) is 5.50. The molecule has 0 spiro atoms. The van der Waals surface area contributed by atoms with Crippen molar-refractivity contribution in [2.45, 2.75) is 58.5 Å². The van der Waals surface area contributed by atoms with Gasteiger partial charge >= 0.3 is 0 Å². The lowest BCUT2D eigenvalue weighted by Crippen LogP contribution is -2.23. The number of thiazole rings is 1. The Morgan fingerprint density at radius 3 is 2.71 bits per heavy atom. The average Bonchev–Trinajstić information content (AvgIpc) is 3.16. The van der Waals surface area contributed by atoms with Gasteiger partial charge in [-0.05, 0) is 31.9 Å². The summed E-state index contributed by atoms with van der Waals surface area (Å²) in [6.45, 7) is 7.66. The number of hydrogen-bond donors (Lipinski definition) is 1. The molecule has 5 heteroatoms. The molecule has 1 unspecified atom stereocenters. The van der Waals surface area contributed by atoms with E-state index in [1.54, 1.807) is 11.3 Å². The van der Waals surface area contributed by atoms with Gasteiger partial charge in [0.2, 0.25) is 0 Å². The molecule has 1 atom stereocenters. The third kappa shape index (κ3) is 4.38. The molecule has 2 rings (SSSR count). The summed E-state index contributed by atoms with van der Waals surface area (Å²) in [5.41, 5.74) is 3.06. The van der Waals surface area contributed by atoms with Crippen LogP contribution < -0.4 is 5.32 Å². The molecule has 2 heterocycles. The minimum atomic E-state index is 0.322. The first kappa shape index (κ1) is 16.2. The molecule has 0 aliphatic rings. The van der Waals surface area contributed by atoms with E-state index in [2.05, 4.69) is 48.0 Å². The molecule has 4 nitrogen and oxygen atoms in total. The van der Waals surface area contributed by atoms with Crippen molar-refractivity contribution >= 4 is 11.3 Å². The summed E-state index contributed by atoms with van der Waals surface area (Å²) < 4.78 is 2.12. The summed E-state index contributed by atoms with van der Waals surface area (Å²) in [5.74, 6) is 0. The van der Waals surface area contributed by atoms with Gasteiger partial charge in [0.1, 0.15) is 0 Å². The van der Waals surface area contributed by atoms with Crippen LogP contribution in [0.15, 0.2) is 24.0 Å². The first-order chi connectivity index (χ1) is 10.3. The molecule has 0 amide bonds. The molecule has 0 saturated carbocycles. The fourth-order valence-corrected chi connectivity index (χ4v) is 3.25. The molecule has 0 aliphatic heterocycles. The highest BCUT2D eigenvalue weighted by Gasteiger charge is 2.16. The van der Waals surface area contributed by atoms with E-state index >= 15 is 0 Å². The van der Waals surface area contributed by atoms with Crippen molar-refractivity contribution in [2.24, 2.45) is 0 Å². The van der Waals surface area contributed by atoms with Crippen molar-refractivity contribution < 1.29 is 0 Å². The molecule has 116 valence electrons. The molecule has 1 N–H and O–H groups in total. The molecule has 0 aromatic carbocycles. The Kier molecular flexibility index (Phi) is 6.39. The van der Waals surface area contributed by atoms with Crippen molar-refractivity contribution in [3.63, 3.8) is 0 Å².